The summed E-state index contributed by atoms with van der Waals surface area (Å²) in [5.74, 6) is 0.422. The van der Waals surface area contributed by atoms with Crippen molar-refractivity contribution >= 4 is 11.6 Å². The first-order chi connectivity index (χ1) is 11.6. The van der Waals surface area contributed by atoms with E-state index in [0.29, 0.717) is 30.2 Å². The molecular formula is C19H26N2O3. The van der Waals surface area contributed by atoms with E-state index < -0.39 is 5.60 Å². The first kappa shape index (κ1) is 18.3. The zero-order valence-corrected chi connectivity index (χ0v) is 14.6. The second-order valence-corrected chi connectivity index (χ2v) is 6.05. The van der Waals surface area contributed by atoms with Crippen LogP contribution in [0.2, 0.25) is 0 Å². The van der Waals surface area contributed by atoms with Crippen molar-refractivity contribution in [2.24, 2.45) is 0 Å². The van der Waals surface area contributed by atoms with Gasteiger partial charge in [-0.2, -0.15) is 5.26 Å². The van der Waals surface area contributed by atoms with Gasteiger partial charge in [0.15, 0.2) is 0 Å². The van der Waals surface area contributed by atoms with Crippen LogP contribution in [0.4, 0.5) is 5.69 Å². The number of hydrogen-bond donors (Lipinski definition) is 1. The van der Waals surface area contributed by atoms with E-state index in [0.717, 1.165) is 38.5 Å². The number of anilines is 1. The Bertz CT molecular complexity index is 599. The minimum Gasteiger partial charge on any atom is -0.492 e. The molecule has 1 amide bonds. The highest BCUT2D eigenvalue weighted by atomic mass is 16.5. The van der Waals surface area contributed by atoms with Crippen molar-refractivity contribution in [2.45, 2.75) is 58.0 Å². The minimum absolute atomic E-state index is 0.112. The molecule has 0 aromatic heterocycles. The maximum absolute atomic E-state index is 12.9. The molecule has 0 atom stereocenters. The molecule has 1 aliphatic rings. The highest BCUT2D eigenvalue weighted by Crippen LogP contribution is 2.32. The minimum atomic E-state index is -0.753. The molecule has 5 nitrogen and oxygen atoms in total. The fourth-order valence-electron chi connectivity index (χ4n) is 3.23. The molecule has 0 spiro atoms. The summed E-state index contributed by atoms with van der Waals surface area (Å²) in [5, 5.41) is 12.2. The standard InChI is InChI=1S/C19H26N2O3/c1-3-23-17-10-9-16(13-15(17)14-20)21-18(22)19(24-4-2)11-7-5-6-8-12-19/h9-10,13H,3-8,11-12H2,1-2H3,(H,21,22). The molecule has 1 aromatic carbocycles. The Labute approximate surface area is 144 Å². The molecular weight excluding hydrogens is 304 g/mol. The van der Waals surface area contributed by atoms with Crippen molar-refractivity contribution in [2.75, 3.05) is 18.5 Å². The summed E-state index contributed by atoms with van der Waals surface area (Å²) in [4.78, 5) is 12.9. The molecule has 130 valence electrons. The lowest BCUT2D eigenvalue weighted by molar-refractivity contribution is -0.143. The van der Waals surface area contributed by atoms with E-state index in [-0.39, 0.29) is 5.91 Å². The highest BCUT2D eigenvalue weighted by Gasteiger charge is 2.39. The molecule has 0 unspecified atom stereocenters. The number of amides is 1. The number of nitriles is 1. The molecule has 24 heavy (non-hydrogen) atoms. The molecule has 2 rings (SSSR count). The molecule has 5 heteroatoms. The SMILES string of the molecule is CCOc1ccc(NC(=O)C2(OCC)CCCCCC2)cc1C#N. The molecule has 0 heterocycles. The quantitative estimate of drug-likeness (QED) is 0.800. The Kier molecular flexibility index (Phi) is 6.62. The zero-order chi connectivity index (χ0) is 17.4. The van der Waals surface area contributed by atoms with Gasteiger partial charge in [0.05, 0.1) is 12.2 Å². The van der Waals surface area contributed by atoms with Gasteiger partial charge in [-0.25, -0.2) is 0 Å². The van der Waals surface area contributed by atoms with Gasteiger partial charge in [-0.05, 0) is 44.9 Å². The van der Waals surface area contributed by atoms with E-state index >= 15 is 0 Å². The van der Waals surface area contributed by atoms with E-state index in [4.69, 9.17) is 9.47 Å². The summed E-state index contributed by atoms with van der Waals surface area (Å²) < 4.78 is 11.3. The summed E-state index contributed by atoms with van der Waals surface area (Å²) in [6, 6.07) is 7.25. The number of hydrogen-bond acceptors (Lipinski definition) is 4. The van der Waals surface area contributed by atoms with Gasteiger partial charge in [0.1, 0.15) is 17.4 Å². The van der Waals surface area contributed by atoms with Gasteiger partial charge in [0.2, 0.25) is 0 Å². The molecule has 0 aliphatic heterocycles. The monoisotopic (exact) mass is 330 g/mol. The van der Waals surface area contributed by atoms with Crippen molar-refractivity contribution in [1.29, 1.82) is 5.26 Å². The first-order valence-corrected chi connectivity index (χ1v) is 8.77. The molecule has 1 N–H and O–H groups in total. The summed E-state index contributed by atoms with van der Waals surface area (Å²) >= 11 is 0. The Morgan fingerprint density at radius 3 is 2.50 bits per heavy atom. The van der Waals surface area contributed by atoms with Crippen LogP contribution in [0.15, 0.2) is 18.2 Å². The maximum Gasteiger partial charge on any atom is 0.256 e. The van der Waals surface area contributed by atoms with Gasteiger partial charge >= 0.3 is 0 Å². The summed E-state index contributed by atoms with van der Waals surface area (Å²) in [5.41, 5.74) is 0.265. The normalized spacial score (nSPS) is 16.7. The molecule has 0 bridgehead atoms. The predicted molar refractivity (Wildman–Crippen MR) is 93.0 cm³/mol. The van der Waals surface area contributed by atoms with E-state index in [9.17, 15) is 10.1 Å². The fraction of sp³-hybridized carbons (Fsp3) is 0.579. The van der Waals surface area contributed by atoms with E-state index in [1.165, 1.54) is 0 Å². The van der Waals surface area contributed by atoms with Gasteiger partial charge in [0.25, 0.3) is 5.91 Å². The average molecular weight is 330 g/mol. The molecule has 1 aliphatic carbocycles. The van der Waals surface area contributed by atoms with Crippen molar-refractivity contribution in [3.8, 4) is 11.8 Å². The van der Waals surface area contributed by atoms with Crippen LogP contribution >= 0.6 is 0 Å². The maximum atomic E-state index is 12.9. The molecule has 0 saturated heterocycles. The van der Waals surface area contributed by atoms with E-state index in [1.807, 2.05) is 13.8 Å². The molecule has 1 saturated carbocycles. The van der Waals surface area contributed by atoms with Crippen molar-refractivity contribution in [3.63, 3.8) is 0 Å². The largest absolute Gasteiger partial charge is 0.492 e. The smallest absolute Gasteiger partial charge is 0.256 e. The first-order valence-electron chi connectivity index (χ1n) is 8.77. The van der Waals surface area contributed by atoms with Crippen molar-refractivity contribution in [1.82, 2.24) is 0 Å². The van der Waals surface area contributed by atoms with Gasteiger partial charge in [-0.1, -0.05) is 25.7 Å². The third-order valence-corrected chi connectivity index (χ3v) is 4.40. The number of nitrogens with zero attached hydrogens (tertiary/aromatic N) is 1. The van der Waals surface area contributed by atoms with E-state index in [1.54, 1.807) is 18.2 Å². The van der Waals surface area contributed by atoms with Gasteiger partial charge in [-0.15, -0.1) is 0 Å². The molecule has 1 aromatic rings. The van der Waals surface area contributed by atoms with Gasteiger partial charge < -0.3 is 14.8 Å². The number of ether oxygens (including phenoxy) is 2. The summed E-state index contributed by atoms with van der Waals surface area (Å²) in [6.07, 6.45) is 5.78. The lowest BCUT2D eigenvalue weighted by Gasteiger charge is -2.31. The second-order valence-electron chi connectivity index (χ2n) is 6.05. The Hall–Kier alpha value is -2.06. The molecule has 0 radical (unpaired) electrons. The van der Waals surface area contributed by atoms with Crippen molar-refractivity contribution < 1.29 is 14.3 Å². The van der Waals surface area contributed by atoms with Crippen LogP contribution in [0.1, 0.15) is 57.9 Å². The summed E-state index contributed by atoms with van der Waals surface area (Å²) in [7, 11) is 0. The fourth-order valence-corrected chi connectivity index (χ4v) is 3.23. The van der Waals surface area contributed by atoms with Crippen LogP contribution < -0.4 is 10.1 Å². The van der Waals surface area contributed by atoms with Crippen LogP contribution in [-0.4, -0.2) is 24.7 Å². The van der Waals surface area contributed by atoms with Crippen LogP contribution in [0.25, 0.3) is 0 Å². The van der Waals surface area contributed by atoms with Crippen LogP contribution in [0.3, 0.4) is 0 Å². The topological polar surface area (TPSA) is 71.3 Å². The second kappa shape index (κ2) is 8.70. The lowest BCUT2D eigenvalue weighted by Crippen LogP contribution is -2.45. The Morgan fingerprint density at radius 1 is 1.21 bits per heavy atom. The Morgan fingerprint density at radius 2 is 1.92 bits per heavy atom. The van der Waals surface area contributed by atoms with Gasteiger partial charge in [0, 0.05) is 12.3 Å². The van der Waals surface area contributed by atoms with Crippen LogP contribution in [-0.2, 0) is 9.53 Å². The number of nitrogens with one attached hydrogen (secondary N) is 1. The number of benzene rings is 1. The third-order valence-electron chi connectivity index (χ3n) is 4.40. The molecule has 1 fully saturated rings. The number of rotatable bonds is 6. The van der Waals surface area contributed by atoms with Crippen LogP contribution in [0.5, 0.6) is 5.75 Å². The average Bonchev–Trinajstić information content (AvgIpc) is 2.83. The number of carbonyl (C=O) groups excluding carboxylic acids is 1. The third kappa shape index (κ3) is 4.27. The zero-order valence-electron chi connectivity index (χ0n) is 14.6. The highest BCUT2D eigenvalue weighted by molar-refractivity contribution is 5.97. The van der Waals surface area contributed by atoms with Crippen molar-refractivity contribution in [3.05, 3.63) is 23.8 Å². The predicted octanol–water partition coefficient (Wildman–Crippen LogP) is 4.02. The van der Waals surface area contributed by atoms with E-state index in [2.05, 4.69) is 11.4 Å². The van der Waals surface area contributed by atoms with Crippen LogP contribution in [0, 0.1) is 11.3 Å². The Balaban J connectivity index is 2.18. The summed E-state index contributed by atoms with van der Waals surface area (Å²) in [6.45, 7) is 4.80. The van der Waals surface area contributed by atoms with Gasteiger partial charge in [-0.3, -0.25) is 4.79 Å². The lowest BCUT2D eigenvalue weighted by atomic mass is 9.92. The number of carbonyl (C=O) groups is 1.